The fourth-order valence-corrected chi connectivity index (χ4v) is 4.74. The van der Waals surface area contributed by atoms with E-state index < -0.39 is 15.9 Å². The Morgan fingerprint density at radius 2 is 1.84 bits per heavy atom. The van der Waals surface area contributed by atoms with Crippen molar-refractivity contribution >= 4 is 32.4 Å². The number of aryl methyl sites for hydroxylation is 1. The second-order valence-corrected chi connectivity index (χ2v) is 9.47. The van der Waals surface area contributed by atoms with Gasteiger partial charge >= 0.3 is 0 Å². The van der Waals surface area contributed by atoms with Crippen molar-refractivity contribution < 1.29 is 17.6 Å². The molecule has 0 aliphatic carbocycles. The SMILES string of the molecule is Cc1nc(NC(=O)c2ccc(S(=O)(=O)NCCC#N)cc2)sc1Cc1ccc(F)cc1. The lowest BCUT2D eigenvalue weighted by atomic mass is 10.1. The van der Waals surface area contributed by atoms with Crippen molar-refractivity contribution in [1.29, 1.82) is 5.26 Å². The highest BCUT2D eigenvalue weighted by molar-refractivity contribution is 7.89. The monoisotopic (exact) mass is 458 g/mol. The zero-order valence-electron chi connectivity index (χ0n) is 16.6. The molecule has 3 aromatic rings. The van der Waals surface area contributed by atoms with Crippen LogP contribution in [-0.2, 0) is 16.4 Å². The average Bonchev–Trinajstić information content (AvgIpc) is 3.08. The van der Waals surface area contributed by atoms with Crippen molar-refractivity contribution in [3.8, 4) is 6.07 Å². The lowest BCUT2D eigenvalue weighted by Gasteiger charge is -2.06. The molecule has 1 amide bonds. The van der Waals surface area contributed by atoms with Crippen LogP contribution in [0.25, 0.3) is 0 Å². The van der Waals surface area contributed by atoms with Gasteiger partial charge in [-0.2, -0.15) is 5.26 Å². The number of rotatable bonds is 8. The summed E-state index contributed by atoms with van der Waals surface area (Å²) >= 11 is 1.33. The molecule has 160 valence electrons. The Morgan fingerprint density at radius 1 is 1.16 bits per heavy atom. The lowest BCUT2D eigenvalue weighted by Crippen LogP contribution is -2.24. The minimum atomic E-state index is -3.74. The van der Waals surface area contributed by atoms with E-state index in [-0.39, 0.29) is 29.2 Å². The number of aromatic nitrogens is 1. The van der Waals surface area contributed by atoms with Gasteiger partial charge in [0.05, 0.1) is 16.7 Å². The minimum Gasteiger partial charge on any atom is -0.298 e. The van der Waals surface area contributed by atoms with E-state index in [1.165, 1.54) is 47.7 Å². The molecule has 10 heteroatoms. The fraction of sp³-hybridized carbons (Fsp3) is 0.190. The van der Waals surface area contributed by atoms with Crippen LogP contribution in [0.2, 0.25) is 0 Å². The third-order valence-corrected chi connectivity index (χ3v) is 6.90. The van der Waals surface area contributed by atoms with Gasteiger partial charge in [0.2, 0.25) is 10.0 Å². The van der Waals surface area contributed by atoms with Crippen LogP contribution < -0.4 is 10.0 Å². The molecule has 0 saturated carbocycles. The highest BCUT2D eigenvalue weighted by atomic mass is 32.2. The predicted octanol–water partition coefficient (Wildman–Crippen LogP) is 3.63. The highest BCUT2D eigenvalue weighted by Gasteiger charge is 2.16. The Balaban J connectivity index is 1.66. The molecule has 31 heavy (non-hydrogen) atoms. The van der Waals surface area contributed by atoms with Crippen molar-refractivity contribution in [2.24, 2.45) is 0 Å². The Bertz CT molecular complexity index is 1220. The smallest absolute Gasteiger partial charge is 0.257 e. The fourth-order valence-electron chi connectivity index (χ4n) is 2.71. The molecule has 0 atom stereocenters. The van der Waals surface area contributed by atoms with E-state index in [9.17, 15) is 17.6 Å². The normalized spacial score (nSPS) is 11.1. The molecule has 0 fully saturated rings. The van der Waals surface area contributed by atoms with E-state index >= 15 is 0 Å². The van der Waals surface area contributed by atoms with Gasteiger partial charge in [-0.25, -0.2) is 22.5 Å². The molecule has 7 nitrogen and oxygen atoms in total. The van der Waals surface area contributed by atoms with Crippen molar-refractivity contribution in [2.75, 3.05) is 11.9 Å². The quantitative estimate of drug-likeness (QED) is 0.501. The average molecular weight is 459 g/mol. The van der Waals surface area contributed by atoms with Crippen LogP contribution in [0.5, 0.6) is 0 Å². The van der Waals surface area contributed by atoms with Crippen molar-refractivity contribution in [3.05, 3.63) is 76.0 Å². The number of carbonyl (C=O) groups excluding carboxylic acids is 1. The molecule has 3 rings (SSSR count). The number of nitrogens with zero attached hydrogens (tertiary/aromatic N) is 2. The number of carbonyl (C=O) groups is 1. The molecule has 0 saturated heterocycles. The van der Waals surface area contributed by atoms with E-state index in [0.717, 1.165) is 16.1 Å². The third kappa shape index (κ3) is 5.95. The number of halogens is 1. The lowest BCUT2D eigenvalue weighted by molar-refractivity contribution is 0.102. The van der Waals surface area contributed by atoms with Gasteiger partial charge in [0.1, 0.15) is 5.82 Å². The van der Waals surface area contributed by atoms with Gasteiger partial charge in [-0.3, -0.25) is 10.1 Å². The van der Waals surface area contributed by atoms with Gasteiger partial charge in [-0.15, -0.1) is 11.3 Å². The van der Waals surface area contributed by atoms with Crippen molar-refractivity contribution in [1.82, 2.24) is 9.71 Å². The third-order valence-electron chi connectivity index (χ3n) is 4.35. The largest absolute Gasteiger partial charge is 0.298 e. The summed E-state index contributed by atoms with van der Waals surface area (Å²) in [5, 5.41) is 11.7. The van der Waals surface area contributed by atoms with Crippen LogP contribution in [0.1, 0.15) is 32.9 Å². The summed E-state index contributed by atoms with van der Waals surface area (Å²) in [5.41, 5.74) is 1.99. The first-order chi connectivity index (χ1) is 14.8. The van der Waals surface area contributed by atoms with Crippen LogP contribution in [-0.4, -0.2) is 25.9 Å². The van der Waals surface area contributed by atoms with Crippen LogP contribution in [0.15, 0.2) is 53.4 Å². The molecule has 2 N–H and O–H groups in total. The maximum Gasteiger partial charge on any atom is 0.257 e. The van der Waals surface area contributed by atoms with Gasteiger partial charge in [0.25, 0.3) is 5.91 Å². The zero-order valence-corrected chi connectivity index (χ0v) is 18.2. The molecule has 0 aliphatic heterocycles. The Labute approximate surface area is 183 Å². The molecule has 0 spiro atoms. The summed E-state index contributed by atoms with van der Waals surface area (Å²) in [4.78, 5) is 17.8. The van der Waals surface area contributed by atoms with E-state index in [1.54, 1.807) is 12.1 Å². The number of benzene rings is 2. The van der Waals surface area contributed by atoms with Gasteiger partial charge in [-0.1, -0.05) is 12.1 Å². The first-order valence-electron chi connectivity index (χ1n) is 9.27. The molecule has 0 unspecified atom stereocenters. The maximum atomic E-state index is 13.1. The van der Waals surface area contributed by atoms with E-state index in [4.69, 9.17) is 5.26 Å². The Kier molecular flexibility index (Phi) is 7.12. The second-order valence-electron chi connectivity index (χ2n) is 6.62. The van der Waals surface area contributed by atoms with Gasteiger partial charge in [-0.05, 0) is 48.9 Å². The molecule has 1 heterocycles. The summed E-state index contributed by atoms with van der Waals surface area (Å²) in [7, 11) is -3.74. The zero-order chi connectivity index (χ0) is 22.4. The van der Waals surface area contributed by atoms with Crippen LogP contribution >= 0.6 is 11.3 Å². The van der Waals surface area contributed by atoms with Crippen LogP contribution in [0, 0.1) is 24.1 Å². The summed E-state index contributed by atoms with van der Waals surface area (Å²) in [6.07, 6.45) is 0.640. The van der Waals surface area contributed by atoms with Crippen molar-refractivity contribution in [3.63, 3.8) is 0 Å². The molecule has 0 bridgehead atoms. The van der Waals surface area contributed by atoms with E-state index in [1.807, 2.05) is 13.0 Å². The Hall–Kier alpha value is -3.13. The molecule has 2 aromatic carbocycles. The van der Waals surface area contributed by atoms with Crippen molar-refractivity contribution in [2.45, 2.75) is 24.7 Å². The Morgan fingerprint density at radius 3 is 2.48 bits per heavy atom. The number of hydrogen-bond donors (Lipinski definition) is 2. The van der Waals surface area contributed by atoms with Crippen LogP contribution in [0.3, 0.4) is 0 Å². The van der Waals surface area contributed by atoms with E-state index in [2.05, 4.69) is 15.0 Å². The van der Waals surface area contributed by atoms with Gasteiger partial charge < -0.3 is 0 Å². The highest BCUT2D eigenvalue weighted by Crippen LogP contribution is 2.26. The summed E-state index contributed by atoms with van der Waals surface area (Å²) in [6.45, 7) is 1.86. The van der Waals surface area contributed by atoms with Gasteiger partial charge in [0, 0.05) is 29.8 Å². The van der Waals surface area contributed by atoms with Crippen LogP contribution in [0.4, 0.5) is 9.52 Å². The minimum absolute atomic E-state index is 0.00802. The number of thiazole rings is 1. The number of nitriles is 1. The number of amides is 1. The summed E-state index contributed by atoms with van der Waals surface area (Å²) < 4.78 is 39.7. The number of hydrogen-bond acceptors (Lipinski definition) is 6. The molecule has 0 aliphatic rings. The second kappa shape index (κ2) is 9.78. The van der Waals surface area contributed by atoms with Gasteiger partial charge in [0.15, 0.2) is 5.13 Å². The molecular formula is C21H19FN4O3S2. The number of nitrogens with one attached hydrogen (secondary N) is 2. The topological polar surface area (TPSA) is 112 Å². The molecule has 1 aromatic heterocycles. The predicted molar refractivity (Wildman–Crippen MR) is 116 cm³/mol. The summed E-state index contributed by atoms with van der Waals surface area (Å²) in [5.74, 6) is -0.710. The molecule has 0 radical (unpaired) electrons. The number of sulfonamides is 1. The molecular weight excluding hydrogens is 439 g/mol. The standard InChI is InChI=1S/C21H19FN4O3S2/c1-14-19(13-15-3-7-17(22)8-4-15)30-21(25-14)26-20(27)16-5-9-18(10-6-16)31(28,29)24-12-2-11-23/h3-10,24H,2,12-13H2,1H3,(H,25,26,27). The number of anilines is 1. The first kappa shape index (κ1) is 22.6. The first-order valence-corrected chi connectivity index (χ1v) is 11.6. The van der Waals surface area contributed by atoms with E-state index in [0.29, 0.717) is 11.6 Å². The summed E-state index contributed by atoms with van der Waals surface area (Å²) in [6, 6.07) is 13.6. The maximum absolute atomic E-state index is 13.1.